The molecule has 0 bridgehead atoms. The van der Waals surface area contributed by atoms with Crippen LogP contribution in [0.5, 0.6) is 11.5 Å². The lowest BCUT2D eigenvalue weighted by Crippen LogP contribution is -2.31. The molecule has 0 saturated heterocycles. The quantitative estimate of drug-likeness (QED) is 0.643. The van der Waals surface area contributed by atoms with Crippen LogP contribution in [0.2, 0.25) is 5.02 Å². The zero-order chi connectivity index (χ0) is 18.9. The highest BCUT2D eigenvalue weighted by Crippen LogP contribution is 2.30. The monoisotopic (exact) mass is 381 g/mol. The van der Waals surface area contributed by atoms with Crippen molar-refractivity contribution in [3.63, 3.8) is 0 Å². The van der Waals surface area contributed by atoms with E-state index in [0.29, 0.717) is 35.2 Å². The first-order chi connectivity index (χ1) is 12.6. The van der Waals surface area contributed by atoms with Crippen LogP contribution >= 0.6 is 11.6 Å². The highest BCUT2D eigenvalue weighted by molar-refractivity contribution is 6.31. The van der Waals surface area contributed by atoms with Crippen molar-refractivity contribution in [2.45, 2.75) is 39.5 Å². The van der Waals surface area contributed by atoms with Gasteiger partial charge in [0.25, 0.3) is 0 Å². The molecule has 0 amide bonds. The molecule has 0 radical (unpaired) electrons. The fourth-order valence-corrected chi connectivity index (χ4v) is 2.67. The van der Waals surface area contributed by atoms with E-state index in [1.165, 1.54) is 12.1 Å². The summed E-state index contributed by atoms with van der Waals surface area (Å²) < 4.78 is 24.6. The summed E-state index contributed by atoms with van der Waals surface area (Å²) in [5.74, 6) is 0.867. The molecule has 0 aromatic heterocycles. The Morgan fingerprint density at radius 2 is 1.92 bits per heavy atom. The smallest absolute Gasteiger partial charge is 0.161 e. The van der Waals surface area contributed by atoms with Gasteiger partial charge >= 0.3 is 0 Å². The molecule has 2 rings (SSSR count). The summed E-state index contributed by atoms with van der Waals surface area (Å²) in [7, 11) is 0. The van der Waals surface area contributed by atoms with Gasteiger partial charge < -0.3 is 19.9 Å². The Kier molecular flexibility index (Phi) is 8.16. The molecule has 0 heterocycles. The Morgan fingerprint density at radius 1 is 1.12 bits per heavy atom. The highest BCUT2D eigenvalue weighted by atomic mass is 35.5. The van der Waals surface area contributed by atoms with Gasteiger partial charge in [-0.3, -0.25) is 0 Å². The van der Waals surface area contributed by atoms with Crippen molar-refractivity contribution >= 4 is 11.6 Å². The summed E-state index contributed by atoms with van der Waals surface area (Å²) in [4.78, 5) is 0. The van der Waals surface area contributed by atoms with Gasteiger partial charge in [-0.15, -0.1) is 0 Å². The van der Waals surface area contributed by atoms with E-state index in [2.05, 4.69) is 5.32 Å². The number of benzene rings is 2. The fourth-order valence-electron chi connectivity index (χ4n) is 2.44. The summed E-state index contributed by atoms with van der Waals surface area (Å²) in [5.41, 5.74) is 1.74. The Hall–Kier alpha value is -1.82. The molecule has 0 aliphatic rings. The van der Waals surface area contributed by atoms with E-state index in [1.807, 2.05) is 32.0 Å². The summed E-state index contributed by atoms with van der Waals surface area (Å²) in [5, 5.41) is 12.9. The van der Waals surface area contributed by atoms with Crippen LogP contribution in [-0.4, -0.2) is 24.4 Å². The van der Waals surface area contributed by atoms with E-state index >= 15 is 0 Å². The van der Waals surface area contributed by atoms with Gasteiger partial charge in [-0.25, -0.2) is 4.39 Å². The van der Waals surface area contributed by atoms with Crippen molar-refractivity contribution in [3.8, 4) is 11.5 Å². The molecular formula is C20H25ClFNO3. The van der Waals surface area contributed by atoms with Crippen molar-refractivity contribution in [2.24, 2.45) is 0 Å². The molecule has 142 valence electrons. The van der Waals surface area contributed by atoms with Gasteiger partial charge in [0.15, 0.2) is 11.5 Å². The normalized spacial score (nSPS) is 12.0. The predicted molar refractivity (Wildman–Crippen MR) is 101 cm³/mol. The van der Waals surface area contributed by atoms with Crippen molar-refractivity contribution in [2.75, 3.05) is 13.2 Å². The summed E-state index contributed by atoms with van der Waals surface area (Å²) >= 11 is 6.04. The van der Waals surface area contributed by atoms with E-state index < -0.39 is 0 Å². The number of hydrogen-bond acceptors (Lipinski definition) is 4. The van der Waals surface area contributed by atoms with Gasteiger partial charge in [0.05, 0.1) is 18.2 Å². The van der Waals surface area contributed by atoms with Crippen LogP contribution in [0.1, 0.15) is 31.4 Å². The van der Waals surface area contributed by atoms with Crippen LogP contribution in [0, 0.1) is 5.82 Å². The van der Waals surface area contributed by atoms with Crippen LogP contribution in [-0.2, 0) is 13.2 Å². The molecule has 0 aliphatic heterocycles. The van der Waals surface area contributed by atoms with Gasteiger partial charge in [-0.2, -0.15) is 0 Å². The molecule has 0 spiro atoms. The van der Waals surface area contributed by atoms with Crippen molar-refractivity contribution < 1.29 is 19.0 Å². The number of aliphatic hydroxyl groups is 1. The zero-order valence-corrected chi connectivity index (χ0v) is 15.9. The van der Waals surface area contributed by atoms with Crippen LogP contribution in [0.4, 0.5) is 4.39 Å². The van der Waals surface area contributed by atoms with Gasteiger partial charge in [0.1, 0.15) is 12.4 Å². The van der Waals surface area contributed by atoms with E-state index in [4.69, 9.17) is 21.1 Å². The van der Waals surface area contributed by atoms with Crippen LogP contribution in [0.3, 0.4) is 0 Å². The lowest BCUT2D eigenvalue weighted by atomic mass is 10.1. The Bertz CT molecular complexity index is 707. The van der Waals surface area contributed by atoms with E-state index in [0.717, 1.165) is 12.0 Å². The molecule has 26 heavy (non-hydrogen) atoms. The lowest BCUT2D eigenvalue weighted by molar-refractivity contribution is 0.238. The second-order valence-corrected chi connectivity index (χ2v) is 6.31. The third-order valence-electron chi connectivity index (χ3n) is 4.01. The van der Waals surface area contributed by atoms with Gasteiger partial charge in [0, 0.05) is 18.2 Å². The maximum atomic E-state index is 13.1. The number of halogens is 2. The van der Waals surface area contributed by atoms with E-state index in [1.54, 1.807) is 6.07 Å². The Labute approximate surface area is 158 Å². The average Bonchev–Trinajstić information content (AvgIpc) is 2.63. The van der Waals surface area contributed by atoms with Crippen molar-refractivity contribution in [3.05, 3.63) is 58.4 Å². The molecular weight excluding hydrogens is 357 g/mol. The molecule has 2 aromatic carbocycles. The summed E-state index contributed by atoms with van der Waals surface area (Å²) in [6.45, 7) is 5.40. The predicted octanol–water partition coefficient (Wildman–Crippen LogP) is 4.32. The number of aliphatic hydroxyl groups excluding tert-OH is 1. The molecule has 1 unspecified atom stereocenters. The van der Waals surface area contributed by atoms with E-state index in [-0.39, 0.29) is 25.1 Å². The largest absolute Gasteiger partial charge is 0.490 e. The van der Waals surface area contributed by atoms with Gasteiger partial charge in [-0.05, 0) is 43.2 Å². The number of rotatable bonds is 10. The summed E-state index contributed by atoms with van der Waals surface area (Å²) in [6.07, 6.45) is 0.856. The maximum absolute atomic E-state index is 13.1. The number of nitrogens with one attached hydrogen (secondary N) is 1. The van der Waals surface area contributed by atoms with Crippen molar-refractivity contribution in [1.29, 1.82) is 0 Å². The standard InChI is InChI=1S/C20H25ClFNO3/c1-3-17(12-24)23-11-14-5-8-19(20(9-14)25-4-2)26-13-15-6-7-16(22)10-18(15)21/h5-10,17,23-24H,3-4,11-13H2,1-2H3. The molecule has 0 aliphatic carbocycles. The molecule has 2 aromatic rings. The van der Waals surface area contributed by atoms with Crippen LogP contribution < -0.4 is 14.8 Å². The van der Waals surface area contributed by atoms with E-state index in [9.17, 15) is 9.50 Å². The molecule has 0 saturated carbocycles. The fraction of sp³-hybridized carbons (Fsp3) is 0.400. The third kappa shape index (κ3) is 5.87. The molecule has 6 heteroatoms. The average molecular weight is 382 g/mol. The second-order valence-electron chi connectivity index (χ2n) is 5.91. The minimum absolute atomic E-state index is 0.0714. The van der Waals surface area contributed by atoms with Crippen LogP contribution in [0.15, 0.2) is 36.4 Å². The SMILES string of the molecule is CCOc1cc(CNC(CC)CO)ccc1OCc1ccc(F)cc1Cl. The molecule has 1 atom stereocenters. The number of hydrogen-bond donors (Lipinski definition) is 2. The first-order valence-corrected chi connectivity index (χ1v) is 9.11. The minimum Gasteiger partial charge on any atom is -0.490 e. The van der Waals surface area contributed by atoms with Crippen LogP contribution in [0.25, 0.3) is 0 Å². The highest BCUT2D eigenvalue weighted by Gasteiger charge is 2.10. The molecule has 4 nitrogen and oxygen atoms in total. The maximum Gasteiger partial charge on any atom is 0.161 e. The van der Waals surface area contributed by atoms with Gasteiger partial charge in [-0.1, -0.05) is 30.7 Å². The zero-order valence-electron chi connectivity index (χ0n) is 15.1. The molecule has 0 fully saturated rings. The first-order valence-electron chi connectivity index (χ1n) is 8.74. The Morgan fingerprint density at radius 3 is 2.58 bits per heavy atom. The van der Waals surface area contributed by atoms with Crippen molar-refractivity contribution in [1.82, 2.24) is 5.32 Å². The Balaban J connectivity index is 2.07. The minimum atomic E-state index is -0.376. The topological polar surface area (TPSA) is 50.7 Å². The first kappa shape index (κ1) is 20.5. The van der Waals surface area contributed by atoms with Gasteiger partial charge in [0.2, 0.25) is 0 Å². The summed E-state index contributed by atoms with van der Waals surface area (Å²) in [6, 6.07) is 10.0. The third-order valence-corrected chi connectivity index (χ3v) is 4.37. The molecule has 2 N–H and O–H groups in total. The second kappa shape index (κ2) is 10.4. The number of ether oxygens (including phenoxy) is 2. The lowest BCUT2D eigenvalue weighted by Gasteiger charge is -2.16.